The highest BCUT2D eigenvalue weighted by Gasteiger charge is 2.23. The highest BCUT2D eigenvalue weighted by atomic mass is 32.1. The lowest BCUT2D eigenvalue weighted by Crippen LogP contribution is -2.50. The van der Waals surface area contributed by atoms with Crippen molar-refractivity contribution in [3.63, 3.8) is 0 Å². The minimum absolute atomic E-state index is 0.0695. The standard InChI is InChI=1S/C20H22N4O2S/c1-14-4-3-5-17-18(14)22-20(27-17)24-12-10-23(11-13-24)19(25)21-15-6-8-16(26-2)9-7-15/h3-9H,10-13H2,1-2H3,(H,21,25). The minimum atomic E-state index is -0.0695. The molecule has 2 heterocycles. The highest BCUT2D eigenvalue weighted by molar-refractivity contribution is 7.22. The number of anilines is 2. The Morgan fingerprint density at radius 2 is 1.85 bits per heavy atom. The summed E-state index contributed by atoms with van der Waals surface area (Å²) in [6.07, 6.45) is 0. The van der Waals surface area contributed by atoms with Crippen LogP contribution >= 0.6 is 11.3 Å². The van der Waals surface area contributed by atoms with Gasteiger partial charge in [0.25, 0.3) is 0 Å². The van der Waals surface area contributed by atoms with E-state index in [1.54, 1.807) is 18.4 Å². The fourth-order valence-electron chi connectivity index (χ4n) is 3.19. The average molecular weight is 382 g/mol. The molecule has 1 saturated heterocycles. The molecule has 0 saturated carbocycles. The first kappa shape index (κ1) is 17.6. The molecule has 0 bridgehead atoms. The summed E-state index contributed by atoms with van der Waals surface area (Å²) < 4.78 is 6.35. The number of thiazole rings is 1. The van der Waals surface area contributed by atoms with Crippen LogP contribution in [0.1, 0.15) is 5.56 Å². The third-order valence-electron chi connectivity index (χ3n) is 4.79. The number of hydrogen-bond donors (Lipinski definition) is 1. The van der Waals surface area contributed by atoms with E-state index in [1.165, 1.54) is 10.3 Å². The van der Waals surface area contributed by atoms with Crippen molar-refractivity contribution in [3.8, 4) is 5.75 Å². The van der Waals surface area contributed by atoms with Crippen LogP contribution in [0, 0.1) is 6.92 Å². The molecule has 1 aliphatic heterocycles. The number of piperazine rings is 1. The maximum Gasteiger partial charge on any atom is 0.321 e. The first-order chi connectivity index (χ1) is 13.1. The van der Waals surface area contributed by atoms with Gasteiger partial charge in [0.15, 0.2) is 5.13 Å². The lowest BCUT2D eigenvalue weighted by Gasteiger charge is -2.34. The van der Waals surface area contributed by atoms with E-state index >= 15 is 0 Å². The molecule has 0 atom stereocenters. The van der Waals surface area contributed by atoms with Crippen LogP contribution in [0.5, 0.6) is 5.75 Å². The summed E-state index contributed by atoms with van der Waals surface area (Å²) in [6, 6.07) is 13.6. The van der Waals surface area contributed by atoms with E-state index in [0.29, 0.717) is 13.1 Å². The molecule has 3 aromatic rings. The Morgan fingerprint density at radius 1 is 1.11 bits per heavy atom. The molecular formula is C20H22N4O2S. The molecule has 140 valence electrons. The fraction of sp³-hybridized carbons (Fsp3) is 0.300. The summed E-state index contributed by atoms with van der Waals surface area (Å²) in [6.45, 7) is 5.02. The molecule has 4 rings (SSSR count). The Labute approximate surface area is 162 Å². The number of nitrogens with zero attached hydrogens (tertiary/aromatic N) is 3. The molecule has 1 aliphatic rings. The summed E-state index contributed by atoms with van der Waals surface area (Å²) in [5.74, 6) is 0.771. The molecule has 1 N–H and O–H groups in total. The molecule has 0 aliphatic carbocycles. The van der Waals surface area contributed by atoms with Crippen molar-refractivity contribution < 1.29 is 9.53 Å². The van der Waals surface area contributed by atoms with E-state index in [1.807, 2.05) is 29.2 Å². The molecule has 6 nitrogen and oxygen atoms in total. The van der Waals surface area contributed by atoms with E-state index in [0.717, 1.165) is 35.2 Å². The number of benzene rings is 2. The summed E-state index contributed by atoms with van der Waals surface area (Å²) in [7, 11) is 1.62. The number of fused-ring (bicyclic) bond motifs is 1. The Morgan fingerprint density at radius 3 is 2.52 bits per heavy atom. The van der Waals surface area contributed by atoms with E-state index in [-0.39, 0.29) is 6.03 Å². The number of nitrogens with one attached hydrogen (secondary N) is 1. The van der Waals surface area contributed by atoms with Crippen LogP contribution in [0.3, 0.4) is 0 Å². The third-order valence-corrected chi connectivity index (χ3v) is 5.87. The lowest BCUT2D eigenvalue weighted by atomic mass is 10.2. The van der Waals surface area contributed by atoms with Crippen molar-refractivity contribution in [2.24, 2.45) is 0 Å². The minimum Gasteiger partial charge on any atom is -0.497 e. The van der Waals surface area contributed by atoms with E-state index in [9.17, 15) is 4.79 Å². The second-order valence-electron chi connectivity index (χ2n) is 6.55. The molecule has 7 heteroatoms. The van der Waals surface area contributed by atoms with Crippen LogP contribution in [-0.2, 0) is 0 Å². The predicted octanol–water partition coefficient (Wildman–Crippen LogP) is 3.97. The number of carbonyl (C=O) groups is 1. The quantitative estimate of drug-likeness (QED) is 0.745. The molecule has 2 aromatic carbocycles. The maximum atomic E-state index is 12.5. The van der Waals surface area contributed by atoms with Crippen molar-refractivity contribution in [3.05, 3.63) is 48.0 Å². The van der Waals surface area contributed by atoms with E-state index < -0.39 is 0 Å². The van der Waals surface area contributed by atoms with Crippen LogP contribution in [0.2, 0.25) is 0 Å². The summed E-state index contributed by atoms with van der Waals surface area (Å²) in [4.78, 5) is 21.4. The van der Waals surface area contributed by atoms with Crippen molar-refractivity contribution in [1.82, 2.24) is 9.88 Å². The lowest BCUT2D eigenvalue weighted by molar-refractivity contribution is 0.208. The van der Waals surface area contributed by atoms with Crippen LogP contribution < -0.4 is 15.0 Å². The van der Waals surface area contributed by atoms with Gasteiger partial charge in [-0.05, 0) is 42.8 Å². The van der Waals surface area contributed by atoms with E-state index in [2.05, 4.69) is 35.3 Å². The first-order valence-corrected chi connectivity index (χ1v) is 9.77. The van der Waals surface area contributed by atoms with Gasteiger partial charge in [-0.15, -0.1) is 0 Å². The first-order valence-electron chi connectivity index (χ1n) is 8.95. The van der Waals surface area contributed by atoms with Gasteiger partial charge < -0.3 is 19.9 Å². The molecule has 1 fully saturated rings. The number of amides is 2. The SMILES string of the molecule is COc1ccc(NC(=O)N2CCN(c3nc4c(C)cccc4s3)CC2)cc1. The highest BCUT2D eigenvalue weighted by Crippen LogP contribution is 2.31. The number of methoxy groups -OCH3 is 1. The number of hydrogen-bond acceptors (Lipinski definition) is 5. The predicted molar refractivity (Wildman–Crippen MR) is 110 cm³/mol. The Balaban J connectivity index is 1.37. The normalized spacial score (nSPS) is 14.4. The van der Waals surface area contributed by atoms with Crippen molar-refractivity contribution in [2.75, 3.05) is 43.5 Å². The average Bonchev–Trinajstić information content (AvgIpc) is 3.14. The largest absolute Gasteiger partial charge is 0.497 e. The van der Waals surface area contributed by atoms with Gasteiger partial charge in [-0.2, -0.15) is 0 Å². The van der Waals surface area contributed by atoms with E-state index in [4.69, 9.17) is 9.72 Å². The number of carbonyl (C=O) groups excluding carboxylic acids is 1. The molecular weight excluding hydrogens is 360 g/mol. The zero-order valence-electron chi connectivity index (χ0n) is 15.4. The molecule has 0 spiro atoms. The molecule has 1 aromatic heterocycles. The summed E-state index contributed by atoms with van der Waals surface area (Å²) >= 11 is 1.72. The van der Waals surface area contributed by atoms with Gasteiger partial charge in [0.2, 0.25) is 0 Å². The second kappa shape index (κ2) is 7.44. The van der Waals surface area contributed by atoms with Gasteiger partial charge in [0.1, 0.15) is 5.75 Å². The zero-order chi connectivity index (χ0) is 18.8. The van der Waals surface area contributed by atoms with Gasteiger partial charge in [-0.3, -0.25) is 0 Å². The number of aromatic nitrogens is 1. The Hall–Kier alpha value is -2.80. The van der Waals surface area contributed by atoms with Crippen LogP contribution in [-0.4, -0.2) is 49.2 Å². The van der Waals surface area contributed by atoms with Gasteiger partial charge >= 0.3 is 6.03 Å². The summed E-state index contributed by atoms with van der Waals surface area (Å²) in [5.41, 5.74) is 3.05. The van der Waals surface area contributed by atoms with Crippen LogP contribution in [0.4, 0.5) is 15.6 Å². The Bertz CT molecular complexity index is 946. The van der Waals surface area contributed by atoms with Crippen molar-refractivity contribution in [1.29, 1.82) is 0 Å². The molecule has 0 unspecified atom stereocenters. The maximum absolute atomic E-state index is 12.5. The Kier molecular flexibility index (Phi) is 4.85. The molecule has 27 heavy (non-hydrogen) atoms. The number of ether oxygens (including phenoxy) is 1. The number of para-hydroxylation sites is 1. The van der Waals surface area contributed by atoms with Crippen LogP contribution in [0.25, 0.3) is 10.2 Å². The van der Waals surface area contributed by atoms with Gasteiger partial charge in [-0.25, -0.2) is 9.78 Å². The van der Waals surface area contributed by atoms with Crippen molar-refractivity contribution >= 4 is 38.4 Å². The molecule has 2 amide bonds. The fourth-order valence-corrected chi connectivity index (χ4v) is 4.28. The van der Waals surface area contributed by atoms with Crippen molar-refractivity contribution in [2.45, 2.75) is 6.92 Å². The third kappa shape index (κ3) is 3.68. The molecule has 0 radical (unpaired) electrons. The second-order valence-corrected chi connectivity index (χ2v) is 7.56. The zero-order valence-corrected chi connectivity index (χ0v) is 16.3. The van der Waals surface area contributed by atoms with Gasteiger partial charge in [0, 0.05) is 31.9 Å². The van der Waals surface area contributed by atoms with Gasteiger partial charge in [-0.1, -0.05) is 23.5 Å². The van der Waals surface area contributed by atoms with Gasteiger partial charge in [0.05, 0.1) is 17.3 Å². The smallest absolute Gasteiger partial charge is 0.321 e. The monoisotopic (exact) mass is 382 g/mol. The number of urea groups is 1. The number of aryl methyl sites for hydroxylation is 1. The number of rotatable bonds is 3. The van der Waals surface area contributed by atoms with Crippen LogP contribution in [0.15, 0.2) is 42.5 Å². The topological polar surface area (TPSA) is 57.7 Å². The summed E-state index contributed by atoms with van der Waals surface area (Å²) in [5, 5.41) is 3.98.